The van der Waals surface area contributed by atoms with Crippen LogP contribution in [-0.2, 0) is 0 Å². The summed E-state index contributed by atoms with van der Waals surface area (Å²) >= 11 is 0. The summed E-state index contributed by atoms with van der Waals surface area (Å²) in [6.45, 7) is 7.19. The van der Waals surface area contributed by atoms with E-state index in [2.05, 4.69) is 24.1 Å². The van der Waals surface area contributed by atoms with Gasteiger partial charge in [0.25, 0.3) is 0 Å². The molecule has 2 rings (SSSR count). The van der Waals surface area contributed by atoms with Crippen LogP contribution < -0.4 is 5.32 Å². The van der Waals surface area contributed by atoms with Gasteiger partial charge in [-0.25, -0.2) is 0 Å². The normalized spacial score (nSPS) is 31.2. The average molecular weight is 182 g/mol. The molecule has 0 aromatic heterocycles. The summed E-state index contributed by atoms with van der Waals surface area (Å²) in [5.74, 6) is 0. The summed E-state index contributed by atoms with van der Waals surface area (Å²) < 4.78 is 0. The van der Waals surface area contributed by atoms with Gasteiger partial charge in [-0.3, -0.25) is 4.90 Å². The summed E-state index contributed by atoms with van der Waals surface area (Å²) in [6.07, 6.45) is 5.60. The molecule has 0 aromatic rings. The van der Waals surface area contributed by atoms with E-state index in [0.29, 0.717) is 0 Å². The van der Waals surface area contributed by atoms with Crippen molar-refractivity contribution in [1.29, 1.82) is 0 Å². The Hall–Kier alpha value is -0.0800. The molecule has 2 heteroatoms. The van der Waals surface area contributed by atoms with Crippen molar-refractivity contribution in [2.24, 2.45) is 0 Å². The molecule has 1 unspecified atom stereocenters. The van der Waals surface area contributed by atoms with Gasteiger partial charge in [0.2, 0.25) is 0 Å². The van der Waals surface area contributed by atoms with Gasteiger partial charge >= 0.3 is 0 Å². The maximum Gasteiger partial charge on any atom is 0.0198 e. The Morgan fingerprint density at radius 2 is 1.92 bits per heavy atom. The molecule has 13 heavy (non-hydrogen) atoms. The number of piperidine rings is 1. The molecule has 76 valence electrons. The van der Waals surface area contributed by atoms with E-state index in [1.165, 1.54) is 38.8 Å². The molecule has 2 fully saturated rings. The second kappa shape index (κ2) is 3.97. The maximum absolute atomic E-state index is 3.74. The number of hydrogen-bond donors (Lipinski definition) is 1. The standard InChI is InChI=1S/C11H22N2/c1-9(2)13-7-3-4-11(8-13)12-10-5-6-10/h9-12H,3-8H2,1-2H3. The van der Waals surface area contributed by atoms with Crippen molar-refractivity contribution < 1.29 is 0 Å². The molecule has 2 aliphatic rings. The molecule has 1 heterocycles. The van der Waals surface area contributed by atoms with Gasteiger partial charge in [-0.05, 0) is 46.1 Å². The van der Waals surface area contributed by atoms with E-state index < -0.39 is 0 Å². The summed E-state index contributed by atoms with van der Waals surface area (Å²) in [7, 11) is 0. The number of rotatable bonds is 3. The fourth-order valence-electron chi connectivity index (χ4n) is 2.19. The Labute approximate surface area is 81.7 Å². The molecule has 0 radical (unpaired) electrons. The van der Waals surface area contributed by atoms with E-state index in [9.17, 15) is 0 Å². The second-order valence-corrected chi connectivity index (χ2v) is 4.87. The molecule has 1 aliphatic heterocycles. The molecule has 1 saturated carbocycles. The highest BCUT2D eigenvalue weighted by atomic mass is 15.2. The van der Waals surface area contributed by atoms with Crippen LogP contribution in [0.25, 0.3) is 0 Å². The Morgan fingerprint density at radius 3 is 2.54 bits per heavy atom. The van der Waals surface area contributed by atoms with Gasteiger partial charge < -0.3 is 5.32 Å². The molecule has 0 spiro atoms. The number of hydrogen-bond acceptors (Lipinski definition) is 2. The molecule has 2 nitrogen and oxygen atoms in total. The van der Waals surface area contributed by atoms with Crippen molar-refractivity contribution >= 4 is 0 Å². The lowest BCUT2D eigenvalue weighted by atomic mass is 10.0. The van der Waals surface area contributed by atoms with E-state index in [-0.39, 0.29) is 0 Å². The number of nitrogens with zero attached hydrogens (tertiary/aromatic N) is 1. The smallest absolute Gasteiger partial charge is 0.0198 e. The first-order valence-corrected chi connectivity index (χ1v) is 5.76. The van der Waals surface area contributed by atoms with Crippen LogP contribution in [0.1, 0.15) is 39.5 Å². The molecular formula is C11H22N2. The van der Waals surface area contributed by atoms with Gasteiger partial charge in [0.15, 0.2) is 0 Å². The van der Waals surface area contributed by atoms with Crippen LogP contribution in [0.4, 0.5) is 0 Å². The van der Waals surface area contributed by atoms with Crippen molar-refractivity contribution in [2.45, 2.75) is 57.7 Å². The Bertz CT molecular complexity index is 163. The molecule has 1 N–H and O–H groups in total. The topological polar surface area (TPSA) is 15.3 Å². The largest absolute Gasteiger partial charge is 0.310 e. The van der Waals surface area contributed by atoms with Crippen LogP contribution in [0.15, 0.2) is 0 Å². The third-order valence-electron chi connectivity index (χ3n) is 3.23. The van der Waals surface area contributed by atoms with Crippen LogP contribution in [0.5, 0.6) is 0 Å². The van der Waals surface area contributed by atoms with E-state index in [4.69, 9.17) is 0 Å². The van der Waals surface area contributed by atoms with Crippen LogP contribution >= 0.6 is 0 Å². The van der Waals surface area contributed by atoms with E-state index in [1.54, 1.807) is 0 Å². The third-order valence-corrected chi connectivity index (χ3v) is 3.23. The highest BCUT2D eigenvalue weighted by Gasteiger charge is 2.27. The lowest BCUT2D eigenvalue weighted by molar-refractivity contribution is 0.154. The summed E-state index contributed by atoms with van der Waals surface area (Å²) in [5.41, 5.74) is 0. The summed E-state index contributed by atoms with van der Waals surface area (Å²) in [6, 6.07) is 2.38. The molecule has 0 amide bonds. The van der Waals surface area contributed by atoms with Crippen molar-refractivity contribution in [3.8, 4) is 0 Å². The quantitative estimate of drug-likeness (QED) is 0.713. The monoisotopic (exact) mass is 182 g/mol. The fraction of sp³-hybridized carbons (Fsp3) is 1.00. The van der Waals surface area contributed by atoms with Gasteiger partial charge in [0.05, 0.1) is 0 Å². The van der Waals surface area contributed by atoms with Crippen molar-refractivity contribution in [3.63, 3.8) is 0 Å². The third kappa shape index (κ3) is 2.68. The highest BCUT2D eigenvalue weighted by molar-refractivity contribution is 4.88. The van der Waals surface area contributed by atoms with Crippen LogP contribution in [-0.4, -0.2) is 36.1 Å². The maximum atomic E-state index is 3.74. The van der Waals surface area contributed by atoms with Gasteiger partial charge in [0.1, 0.15) is 0 Å². The SMILES string of the molecule is CC(C)N1CCCC(NC2CC2)C1. The zero-order chi connectivity index (χ0) is 9.26. The van der Waals surface area contributed by atoms with Gasteiger partial charge in [-0.2, -0.15) is 0 Å². The molecule has 1 atom stereocenters. The first-order chi connectivity index (χ1) is 6.25. The lowest BCUT2D eigenvalue weighted by Gasteiger charge is -2.35. The van der Waals surface area contributed by atoms with Crippen LogP contribution in [0.3, 0.4) is 0 Å². The summed E-state index contributed by atoms with van der Waals surface area (Å²) in [4.78, 5) is 2.60. The lowest BCUT2D eigenvalue weighted by Crippen LogP contribution is -2.48. The number of likely N-dealkylation sites (tertiary alicyclic amines) is 1. The Kier molecular flexibility index (Phi) is 2.89. The van der Waals surface area contributed by atoms with Gasteiger partial charge in [-0.15, -0.1) is 0 Å². The molecule has 1 saturated heterocycles. The predicted octanol–water partition coefficient (Wildman–Crippen LogP) is 1.61. The first kappa shape index (κ1) is 9.47. The van der Waals surface area contributed by atoms with Crippen LogP contribution in [0.2, 0.25) is 0 Å². The highest BCUT2D eigenvalue weighted by Crippen LogP contribution is 2.22. The Balaban J connectivity index is 1.77. The van der Waals surface area contributed by atoms with Crippen molar-refractivity contribution in [2.75, 3.05) is 13.1 Å². The molecule has 0 aromatic carbocycles. The van der Waals surface area contributed by atoms with E-state index >= 15 is 0 Å². The van der Waals surface area contributed by atoms with Gasteiger partial charge in [0, 0.05) is 24.7 Å². The average Bonchev–Trinajstić information content (AvgIpc) is 2.89. The Morgan fingerprint density at radius 1 is 1.15 bits per heavy atom. The molecule has 1 aliphatic carbocycles. The minimum absolute atomic E-state index is 0.726. The minimum atomic E-state index is 0.726. The summed E-state index contributed by atoms with van der Waals surface area (Å²) in [5, 5.41) is 3.74. The first-order valence-electron chi connectivity index (χ1n) is 5.76. The van der Waals surface area contributed by atoms with Gasteiger partial charge in [-0.1, -0.05) is 0 Å². The van der Waals surface area contributed by atoms with Crippen LogP contribution in [0, 0.1) is 0 Å². The zero-order valence-corrected chi connectivity index (χ0v) is 8.92. The second-order valence-electron chi connectivity index (χ2n) is 4.87. The zero-order valence-electron chi connectivity index (χ0n) is 8.92. The van der Waals surface area contributed by atoms with Crippen molar-refractivity contribution in [1.82, 2.24) is 10.2 Å². The molecular weight excluding hydrogens is 160 g/mol. The predicted molar refractivity (Wildman–Crippen MR) is 55.9 cm³/mol. The van der Waals surface area contributed by atoms with E-state index in [1.807, 2.05) is 0 Å². The number of nitrogens with one attached hydrogen (secondary N) is 1. The fourth-order valence-corrected chi connectivity index (χ4v) is 2.19. The minimum Gasteiger partial charge on any atom is -0.310 e. The van der Waals surface area contributed by atoms with E-state index in [0.717, 1.165) is 18.1 Å². The van der Waals surface area contributed by atoms with Crippen molar-refractivity contribution in [3.05, 3.63) is 0 Å². The molecule has 0 bridgehead atoms.